The smallest absolute Gasteiger partial charge is 0.254 e. The van der Waals surface area contributed by atoms with E-state index in [0.717, 1.165) is 16.6 Å². The zero-order valence-electron chi connectivity index (χ0n) is 16.3. The molecule has 3 aromatic carbocycles. The summed E-state index contributed by atoms with van der Waals surface area (Å²) in [5, 5.41) is 0. The normalized spacial score (nSPS) is 15.8. The lowest BCUT2D eigenvalue weighted by Gasteiger charge is -2.39. The summed E-state index contributed by atoms with van der Waals surface area (Å²) in [5.41, 5.74) is 2.56. The molecule has 0 N–H and O–H groups in total. The molecular formula is C24H21BrF2N2O. The van der Waals surface area contributed by atoms with Crippen LogP contribution in [0.1, 0.15) is 27.5 Å². The number of nitrogens with zero attached hydrogens (tertiary/aromatic N) is 2. The van der Waals surface area contributed by atoms with Crippen LogP contribution in [0.5, 0.6) is 0 Å². The van der Waals surface area contributed by atoms with Crippen LogP contribution in [-0.2, 0) is 0 Å². The molecular weight excluding hydrogens is 450 g/mol. The first-order valence-corrected chi connectivity index (χ1v) is 10.6. The number of piperazine rings is 1. The van der Waals surface area contributed by atoms with Gasteiger partial charge in [-0.3, -0.25) is 9.69 Å². The monoisotopic (exact) mass is 470 g/mol. The molecule has 4 rings (SSSR count). The zero-order chi connectivity index (χ0) is 21.1. The van der Waals surface area contributed by atoms with E-state index in [9.17, 15) is 13.6 Å². The Morgan fingerprint density at radius 2 is 1.43 bits per heavy atom. The molecule has 0 radical (unpaired) electrons. The lowest BCUT2D eigenvalue weighted by Crippen LogP contribution is -2.49. The summed E-state index contributed by atoms with van der Waals surface area (Å²) in [4.78, 5) is 16.8. The summed E-state index contributed by atoms with van der Waals surface area (Å²) >= 11 is 3.49. The molecule has 0 spiro atoms. The molecule has 30 heavy (non-hydrogen) atoms. The van der Waals surface area contributed by atoms with Crippen molar-refractivity contribution < 1.29 is 13.6 Å². The molecule has 1 fully saturated rings. The summed E-state index contributed by atoms with van der Waals surface area (Å²) in [6, 6.07) is 22.0. The van der Waals surface area contributed by atoms with Crippen LogP contribution in [0.3, 0.4) is 0 Å². The molecule has 154 valence electrons. The number of carbonyl (C=O) groups excluding carboxylic acids is 1. The second-order valence-corrected chi connectivity index (χ2v) is 8.24. The van der Waals surface area contributed by atoms with Gasteiger partial charge in [0.15, 0.2) is 11.6 Å². The molecule has 0 saturated carbocycles. The second kappa shape index (κ2) is 9.06. The minimum Gasteiger partial charge on any atom is -0.336 e. The quantitative estimate of drug-likeness (QED) is 0.518. The van der Waals surface area contributed by atoms with Crippen LogP contribution in [0.2, 0.25) is 0 Å². The van der Waals surface area contributed by atoms with E-state index in [1.165, 1.54) is 17.2 Å². The Balaban J connectivity index is 1.52. The third-order valence-electron chi connectivity index (χ3n) is 5.43. The van der Waals surface area contributed by atoms with Crippen molar-refractivity contribution >= 4 is 21.8 Å². The summed E-state index contributed by atoms with van der Waals surface area (Å²) in [5.74, 6) is -2.22. The number of halogens is 3. The molecule has 3 nitrogen and oxygen atoms in total. The van der Waals surface area contributed by atoms with Gasteiger partial charge in [0.25, 0.3) is 5.91 Å². The van der Waals surface area contributed by atoms with Crippen LogP contribution in [0.4, 0.5) is 8.78 Å². The van der Waals surface area contributed by atoms with E-state index in [-0.39, 0.29) is 17.5 Å². The Labute approximate surface area is 183 Å². The number of carbonyl (C=O) groups is 1. The van der Waals surface area contributed by atoms with Crippen molar-refractivity contribution in [1.82, 2.24) is 9.80 Å². The van der Waals surface area contributed by atoms with Crippen molar-refractivity contribution in [2.45, 2.75) is 6.04 Å². The maximum atomic E-state index is 13.5. The lowest BCUT2D eigenvalue weighted by atomic mass is 9.96. The fourth-order valence-electron chi connectivity index (χ4n) is 3.89. The van der Waals surface area contributed by atoms with E-state index in [1.807, 2.05) is 30.3 Å². The van der Waals surface area contributed by atoms with Gasteiger partial charge in [0.2, 0.25) is 0 Å². The van der Waals surface area contributed by atoms with Gasteiger partial charge in [0.1, 0.15) is 0 Å². The van der Waals surface area contributed by atoms with Crippen LogP contribution < -0.4 is 0 Å². The molecule has 1 atom stereocenters. The topological polar surface area (TPSA) is 23.6 Å². The first-order valence-electron chi connectivity index (χ1n) is 9.82. The first kappa shape index (κ1) is 20.7. The Morgan fingerprint density at radius 3 is 2.07 bits per heavy atom. The van der Waals surface area contributed by atoms with Gasteiger partial charge in [-0.1, -0.05) is 58.4 Å². The van der Waals surface area contributed by atoms with Gasteiger partial charge < -0.3 is 4.90 Å². The lowest BCUT2D eigenvalue weighted by molar-refractivity contribution is 0.0597. The molecule has 1 amide bonds. The van der Waals surface area contributed by atoms with E-state index in [2.05, 4.69) is 45.1 Å². The molecule has 0 bridgehead atoms. The first-order chi connectivity index (χ1) is 14.5. The Kier molecular flexibility index (Phi) is 6.25. The van der Waals surface area contributed by atoms with Gasteiger partial charge in [-0.15, -0.1) is 0 Å². The number of rotatable bonds is 4. The highest BCUT2D eigenvalue weighted by molar-refractivity contribution is 9.10. The second-order valence-electron chi connectivity index (χ2n) is 7.32. The molecule has 1 aliphatic heterocycles. The van der Waals surface area contributed by atoms with Crippen LogP contribution in [0.15, 0.2) is 77.3 Å². The molecule has 1 heterocycles. The predicted octanol–water partition coefficient (Wildman–Crippen LogP) is 5.27. The Morgan fingerprint density at radius 1 is 0.800 bits per heavy atom. The fraction of sp³-hybridized carbons (Fsp3) is 0.208. The van der Waals surface area contributed by atoms with E-state index >= 15 is 0 Å². The minimum absolute atomic E-state index is 0.0832. The molecule has 1 aliphatic rings. The van der Waals surface area contributed by atoms with E-state index < -0.39 is 11.6 Å². The van der Waals surface area contributed by atoms with Crippen molar-refractivity contribution in [2.75, 3.05) is 26.2 Å². The van der Waals surface area contributed by atoms with Crippen molar-refractivity contribution in [1.29, 1.82) is 0 Å². The van der Waals surface area contributed by atoms with Crippen LogP contribution in [0.25, 0.3) is 0 Å². The maximum Gasteiger partial charge on any atom is 0.254 e. The van der Waals surface area contributed by atoms with Crippen molar-refractivity contribution in [3.05, 3.63) is 106 Å². The summed E-state index contributed by atoms with van der Waals surface area (Å²) in [6.45, 7) is 2.42. The van der Waals surface area contributed by atoms with Gasteiger partial charge in [0.05, 0.1) is 6.04 Å². The average Bonchev–Trinajstić information content (AvgIpc) is 2.78. The van der Waals surface area contributed by atoms with Crippen molar-refractivity contribution in [2.24, 2.45) is 0 Å². The fourth-order valence-corrected chi connectivity index (χ4v) is 4.15. The van der Waals surface area contributed by atoms with Gasteiger partial charge in [0, 0.05) is 36.2 Å². The van der Waals surface area contributed by atoms with Crippen molar-refractivity contribution in [3.8, 4) is 0 Å². The number of amides is 1. The third kappa shape index (κ3) is 4.45. The van der Waals surface area contributed by atoms with Gasteiger partial charge in [-0.05, 0) is 41.5 Å². The maximum absolute atomic E-state index is 13.5. The molecule has 0 aromatic heterocycles. The minimum atomic E-state index is -1.00. The SMILES string of the molecule is O=C(c1ccc(F)c(F)c1)N1CCN(C(c2ccccc2)c2ccc(Br)cc2)CC1. The largest absolute Gasteiger partial charge is 0.336 e. The zero-order valence-corrected chi connectivity index (χ0v) is 17.9. The highest BCUT2D eigenvalue weighted by Crippen LogP contribution is 2.30. The van der Waals surface area contributed by atoms with E-state index in [0.29, 0.717) is 26.2 Å². The Bertz CT molecular complexity index is 1020. The predicted molar refractivity (Wildman–Crippen MR) is 116 cm³/mol. The third-order valence-corrected chi connectivity index (χ3v) is 5.96. The summed E-state index contributed by atoms with van der Waals surface area (Å²) < 4.78 is 27.7. The van der Waals surface area contributed by atoms with E-state index in [1.54, 1.807) is 4.90 Å². The molecule has 3 aromatic rings. The van der Waals surface area contributed by atoms with Crippen molar-refractivity contribution in [3.63, 3.8) is 0 Å². The van der Waals surface area contributed by atoms with Crippen LogP contribution in [-0.4, -0.2) is 41.9 Å². The van der Waals surface area contributed by atoms with Gasteiger partial charge in [-0.25, -0.2) is 8.78 Å². The molecule has 1 unspecified atom stereocenters. The van der Waals surface area contributed by atoms with Gasteiger partial charge in [-0.2, -0.15) is 0 Å². The standard InChI is InChI=1S/C24H21BrF2N2O/c25-20-9-6-18(7-10-20)23(17-4-2-1-3-5-17)28-12-14-29(15-13-28)24(30)19-8-11-21(26)22(27)16-19/h1-11,16,23H,12-15H2. The molecule has 0 aliphatic carbocycles. The number of hydrogen-bond donors (Lipinski definition) is 0. The van der Waals surface area contributed by atoms with Crippen LogP contribution in [0, 0.1) is 11.6 Å². The highest BCUT2D eigenvalue weighted by atomic mass is 79.9. The average molecular weight is 471 g/mol. The van der Waals surface area contributed by atoms with E-state index in [4.69, 9.17) is 0 Å². The Hall–Kier alpha value is -2.57. The van der Waals surface area contributed by atoms with Gasteiger partial charge >= 0.3 is 0 Å². The summed E-state index contributed by atoms with van der Waals surface area (Å²) in [7, 11) is 0. The molecule has 1 saturated heterocycles. The number of hydrogen-bond acceptors (Lipinski definition) is 2. The molecule has 6 heteroatoms. The number of benzene rings is 3. The summed E-state index contributed by atoms with van der Waals surface area (Å²) in [6.07, 6.45) is 0. The highest BCUT2D eigenvalue weighted by Gasteiger charge is 2.28. The van der Waals surface area contributed by atoms with Crippen LogP contribution >= 0.6 is 15.9 Å².